The second-order valence-electron chi connectivity index (χ2n) is 7.41. The first-order valence-electron chi connectivity index (χ1n) is 9.72. The van der Waals surface area contributed by atoms with E-state index < -0.39 is 38.7 Å². The van der Waals surface area contributed by atoms with Crippen molar-refractivity contribution < 1.29 is 31.5 Å². The summed E-state index contributed by atoms with van der Waals surface area (Å²) in [7, 11) is -4.19. The SMILES string of the molecule is C[C@H](COC(=O)N1CCNC(=O)C1)[C@@H](c1cc(F)ccc1F)S(=O)(=O)c1ccc(Br)cc1. The zero-order chi connectivity index (χ0) is 23.5. The van der Waals surface area contributed by atoms with E-state index in [4.69, 9.17) is 4.74 Å². The zero-order valence-corrected chi connectivity index (χ0v) is 19.5. The van der Waals surface area contributed by atoms with Crippen LogP contribution < -0.4 is 5.32 Å². The van der Waals surface area contributed by atoms with Gasteiger partial charge in [0, 0.05) is 29.0 Å². The van der Waals surface area contributed by atoms with Gasteiger partial charge in [0.15, 0.2) is 9.84 Å². The molecule has 2 atom stereocenters. The summed E-state index contributed by atoms with van der Waals surface area (Å²) in [4.78, 5) is 24.9. The van der Waals surface area contributed by atoms with Gasteiger partial charge in [-0.2, -0.15) is 0 Å². The molecule has 0 bridgehead atoms. The number of carbonyl (C=O) groups excluding carboxylic acids is 2. The van der Waals surface area contributed by atoms with Crippen LogP contribution in [0.1, 0.15) is 17.7 Å². The van der Waals surface area contributed by atoms with E-state index >= 15 is 0 Å². The Morgan fingerprint density at radius 1 is 1.22 bits per heavy atom. The third-order valence-corrected chi connectivity index (χ3v) is 7.87. The molecule has 11 heteroatoms. The van der Waals surface area contributed by atoms with Gasteiger partial charge in [-0.1, -0.05) is 22.9 Å². The molecule has 0 radical (unpaired) electrons. The fourth-order valence-corrected chi connectivity index (χ4v) is 5.74. The lowest BCUT2D eigenvalue weighted by Gasteiger charge is -2.28. The first-order valence-corrected chi connectivity index (χ1v) is 12.1. The van der Waals surface area contributed by atoms with Gasteiger partial charge in [-0.3, -0.25) is 9.69 Å². The molecular formula is C21H21BrF2N2O5S. The summed E-state index contributed by atoms with van der Waals surface area (Å²) in [6.07, 6.45) is -0.786. The van der Waals surface area contributed by atoms with Gasteiger partial charge >= 0.3 is 6.09 Å². The van der Waals surface area contributed by atoms with E-state index in [-0.39, 0.29) is 42.6 Å². The molecule has 32 heavy (non-hydrogen) atoms. The van der Waals surface area contributed by atoms with Gasteiger partial charge in [-0.05, 0) is 42.5 Å². The highest BCUT2D eigenvalue weighted by molar-refractivity contribution is 9.10. The molecule has 0 spiro atoms. The van der Waals surface area contributed by atoms with Crippen LogP contribution in [0.4, 0.5) is 13.6 Å². The number of amides is 2. The maximum Gasteiger partial charge on any atom is 0.410 e. The predicted molar refractivity (Wildman–Crippen MR) is 116 cm³/mol. The minimum Gasteiger partial charge on any atom is -0.449 e. The van der Waals surface area contributed by atoms with Crippen LogP contribution in [0.3, 0.4) is 0 Å². The lowest BCUT2D eigenvalue weighted by atomic mass is 10.0. The number of benzene rings is 2. The van der Waals surface area contributed by atoms with Crippen LogP contribution in [0, 0.1) is 17.6 Å². The van der Waals surface area contributed by atoms with Crippen molar-refractivity contribution in [3.8, 4) is 0 Å². The molecule has 1 saturated heterocycles. The lowest BCUT2D eigenvalue weighted by Crippen LogP contribution is -2.50. The second-order valence-corrected chi connectivity index (χ2v) is 10.4. The van der Waals surface area contributed by atoms with Crippen molar-refractivity contribution in [1.29, 1.82) is 0 Å². The largest absolute Gasteiger partial charge is 0.449 e. The average molecular weight is 531 g/mol. The summed E-state index contributed by atoms with van der Waals surface area (Å²) in [5, 5.41) is 1.06. The monoisotopic (exact) mass is 530 g/mol. The van der Waals surface area contributed by atoms with Gasteiger partial charge in [0.25, 0.3) is 0 Å². The number of piperazine rings is 1. The summed E-state index contributed by atoms with van der Waals surface area (Å²) in [5.74, 6) is -2.94. The fraction of sp³-hybridized carbons (Fsp3) is 0.333. The van der Waals surface area contributed by atoms with E-state index in [0.29, 0.717) is 4.47 Å². The molecule has 1 aliphatic rings. The molecule has 2 amide bonds. The standard InChI is InChI=1S/C21H21BrF2N2O5S/c1-13(12-31-21(28)26-9-8-25-19(27)11-26)20(17-10-15(23)4-7-18(17)24)32(29,30)16-5-2-14(22)3-6-16/h2-7,10,13,20H,8-9,11-12H2,1H3,(H,25,27)/t13-,20+/m1/s1. The van der Waals surface area contributed by atoms with Crippen molar-refractivity contribution in [3.05, 3.63) is 64.1 Å². The van der Waals surface area contributed by atoms with Gasteiger partial charge < -0.3 is 10.1 Å². The lowest BCUT2D eigenvalue weighted by molar-refractivity contribution is -0.123. The summed E-state index contributed by atoms with van der Waals surface area (Å²) in [6, 6.07) is 8.36. The molecule has 7 nitrogen and oxygen atoms in total. The third-order valence-electron chi connectivity index (χ3n) is 5.02. The van der Waals surface area contributed by atoms with E-state index in [1.807, 2.05) is 0 Å². The van der Waals surface area contributed by atoms with Gasteiger partial charge in [-0.25, -0.2) is 22.0 Å². The molecule has 3 rings (SSSR count). The Morgan fingerprint density at radius 3 is 2.56 bits per heavy atom. The van der Waals surface area contributed by atoms with E-state index in [2.05, 4.69) is 21.2 Å². The number of nitrogens with zero attached hydrogens (tertiary/aromatic N) is 1. The number of carbonyl (C=O) groups is 2. The van der Waals surface area contributed by atoms with E-state index in [0.717, 1.165) is 18.2 Å². The van der Waals surface area contributed by atoms with Crippen LogP contribution in [-0.4, -0.2) is 51.6 Å². The van der Waals surface area contributed by atoms with Crippen molar-refractivity contribution in [3.63, 3.8) is 0 Å². The second kappa shape index (κ2) is 9.95. The summed E-state index contributed by atoms with van der Waals surface area (Å²) >= 11 is 3.23. The van der Waals surface area contributed by atoms with Crippen LogP contribution in [0.15, 0.2) is 51.8 Å². The molecule has 172 valence electrons. The van der Waals surface area contributed by atoms with Crippen molar-refractivity contribution >= 4 is 37.8 Å². The first-order chi connectivity index (χ1) is 15.1. The highest BCUT2D eigenvalue weighted by atomic mass is 79.9. The number of rotatable bonds is 6. The molecule has 2 aromatic carbocycles. The molecule has 1 aliphatic heterocycles. The molecular weight excluding hydrogens is 510 g/mol. The van der Waals surface area contributed by atoms with Crippen molar-refractivity contribution in [2.75, 3.05) is 26.2 Å². The number of hydrogen-bond donors (Lipinski definition) is 1. The number of hydrogen-bond acceptors (Lipinski definition) is 5. The molecule has 0 saturated carbocycles. The first kappa shape index (κ1) is 24.1. The normalized spacial score (nSPS) is 16.2. The maximum atomic E-state index is 14.6. The Kier molecular flexibility index (Phi) is 7.50. The highest BCUT2D eigenvalue weighted by Crippen LogP contribution is 2.37. The summed E-state index contributed by atoms with van der Waals surface area (Å²) < 4.78 is 61.3. The topological polar surface area (TPSA) is 92.8 Å². The number of sulfone groups is 1. The number of ether oxygens (including phenoxy) is 1. The van der Waals surface area contributed by atoms with Crippen molar-refractivity contribution in [2.45, 2.75) is 17.1 Å². The van der Waals surface area contributed by atoms with Crippen LogP contribution in [0.5, 0.6) is 0 Å². The van der Waals surface area contributed by atoms with E-state index in [9.17, 15) is 26.8 Å². The third kappa shape index (κ3) is 5.44. The molecule has 0 aliphatic carbocycles. The minimum absolute atomic E-state index is 0.0831. The molecule has 0 aromatic heterocycles. The van der Waals surface area contributed by atoms with Crippen LogP contribution in [0.25, 0.3) is 0 Å². The zero-order valence-electron chi connectivity index (χ0n) is 17.1. The molecule has 1 fully saturated rings. The number of halogens is 3. The quantitative estimate of drug-likeness (QED) is 0.617. The molecule has 2 aromatic rings. The van der Waals surface area contributed by atoms with Gasteiger partial charge in [0.1, 0.15) is 18.2 Å². The fourth-order valence-electron chi connectivity index (χ4n) is 3.46. The van der Waals surface area contributed by atoms with E-state index in [1.54, 1.807) is 0 Å². The van der Waals surface area contributed by atoms with Gasteiger partial charge in [-0.15, -0.1) is 0 Å². The van der Waals surface area contributed by atoms with Crippen molar-refractivity contribution in [2.24, 2.45) is 5.92 Å². The smallest absolute Gasteiger partial charge is 0.410 e. The Bertz CT molecular complexity index is 1110. The van der Waals surface area contributed by atoms with Crippen LogP contribution in [-0.2, 0) is 19.4 Å². The van der Waals surface area contributed by atoms with Crippen LogP contribution in [0.2, 0.25) is 0 Å². The minimum atomic E-state index is -4.19. The Labute approximate surface area is 192 Å². The van der Waals surface area contributed by atoms with E-state index in [1.165, 1.54) is 36.1 Å². The van der Waals surface area contributed by atoms with Crippen LogP contribution >= 0.6 is 15.9 Å². The van der Waals surface area contributed by atoms with Gasteiger partial charge in [0.2, 0.25) is 5.91 Å². The maximum absolute atomic E-state index is 14.6. The average Bonchev–Trinajstić information content (AvgIpc) is 2.74. The highest BCUT2D eigenvalue weighted by Gasteiger charge is 2.37. The Hall–Kier alpha value is -2.53. The number of nitrogens with one attached hydrogen (secondary N) is 1. The molecule has 1 heterocycles. The van der Waals surface area contributed by atoms with Gasteiger partial charge in [0.05, 0.1) is 16.8 Å². The van der Waals surface area contributed by atoms with Crippen molar-refractivity contribution in [1.82, 2.24) is 10.2 Å². The Morgan fingerprint density at radius 2 is 1.91 bits per heavy atom. The molecule has 0 unspecified atom stereocenters. The summed E-state index contributed by atoms with van der Waals surface area (Å²) in [6.45, 7) is 1.44. The Balaban J connectivity index is 1.90. The molecule has 1 N–H and O–H groups in total. The predicted octanol–water partition coefficient (Wildman–Crippen LogP) is 3.45. The summed E-state index contributed by atoms with van der Waals surface area (Å²) in [5.41, 5.74) is -0.353.